The van der Waals surface area contributed by atoms with Crippen LogP contribution in [0.1, 0.15) is 12.8 Å². The van der Waals surface area contributed by atoms with Crippen LogP contribution in [0.5, 0.6) is 11.5 Å². The Morgan fingerprint density at radius 2 is 1.92 bits per heavy atom. The van der Waals surface area contributed by atoms with Crippen molar-refractivity contribution < 1.29 is 27.4 Å². The summed E-state index contributed by atoms with van der Waals surface area (Å²) in [6, 6.07) is 6.21. The maximum absolute atomic E-state index is 12.2. The second kappa shape index (κ2) is 9.58. The molecule has 2 N–H and O–H groups in total. The molecule has 0 radical (unpaired) electrons. The number of carbonyl (C=O) groups is 1. The third-order valence-corrected chi connectivity index (χ3v) is 3.31. The largest absolute Gasteiger partial charge is 0.480 e. The molecule has 1 saturated heterocycles. The van der Waals surface area contributed by atoms with Gasteiger partial charge in [-0.15, -0.1) is 12.4 Å². The number of para-hydroxylation sites is 2. The van der Waals surface area contributed by atoms with Gasteiger partial charge in [0.15, 0.2) is 24.7 Å². The van der Waals surface area contributed by atoms with Crippen molar-refractivity contribution in [2.75, 3.05) is 26.3 Å². The highest BCUT2D eigenvalue weighted by Gasteiger charge is 2.29. The lowest BCUT2D eigenvalue weighted by molar-refractivity contribution is -0.153. The Morgan fingerprint density at radius 3 is 2.50 bits per heavy atom. The van der Waals surface area contributed by atoms with Crippen LogP contribution >= 0.6 is 12.4 Å². The minimum absolute atomic E-state index is 0. The van der Waals surface area contributed by atoms with E-state index < -0.39 is 12.8 Å². The van der Waals surface area contributed by atoms with Crippen LogP contribution in [-0.4, -0.2) is 44.4 Å². The highest BCUT2D eigenvalue weighted by molar-refractivity contribution is 5.85. The van der Waals surface area contributed by atoms with Crippen LogP contribution in [0.2, 0.25) is 0 Å². The van der Waals surface area contributed by atoms with E-state index >= 15 is 0 Å². The quantitative estimate of drug-likeness (QED) is 0.775. The molecule has 136 valence electrons. The van der Waals surface area contributed by atoms with E-state index in [1.54, 1.807) is 6.07 Å². The Morgan fingerprint density at radius 1 is 1.25 bits per heavy atom. The number of carbonyl (C=O) groups excluding carboxylic acids is 1. The Labute approximate surface area is 144 Å². The molecule has 5 nitrogen and oxygen atoms in total. The second-order valence-corrected chi connectivity index (χ2v) is 5.24. The zero-order chi connectivity index (χ0) is 16.7. The highest BCUT2D eigenvalue weighted by atomic mass is 35.5. The fourth-order valence-corrected chi connectivity index (χ4v) is 2.21. The van der Waals surface area contributed by atoms with Gasteiger partial charge in [0.05, 0.1) is 0 Å². The van der Waals surface area contributed by atoms with E-state index in [2.05, 4.69) is 15.4 Å². The molecule has 1 atom stereocenters. The Hall–Kier alpha value is -1.67. The second-order valence-electron chi connectivity index (χ2n) is 5.24. The molecule has 1 aromatic rings. The normalized spacial score (nSPS) is 17.0. The molecule has 1 fully saturated rings. The molecule has 2 rings (SSSR count). The molecular formula is C15H20ClF3N2O3. The van der Waals surface area contributed by atoms with Crippen molar-refractivity contribution in [3.8, 4) is 11.5 Å². The maximum atomic E-state index is 12.2. The molecule has 1 aromatic carbocycles. The molecule has 24 heavy (non-hydrogen) atoms. The Balaban J connectivity index is 0.00000288. The first-order valence-corrected chi connectivity index (χ1v) is 7.35. The minimum Gasteiger partial charge on any atom is -0.480 e. The van der Waals surface area contributed by atoms with E-state index in [9.17, 15) is 18.0 Å². The summed E-state index contributed by atoms with van der Waals surface area (Å²) in [6.07, 6.45) is -2.34. The van der Waals surface area contributed by atoms with Crippen LogP contribution in [0.25, 0.3) is 0 Å². The highest BCUT2D eigenvalue weighted by Crippen LogP contribution is 2.28. The van der Waals surface area contributed by atoms with E-state index in [0.29, 0.717) is 6.54 Å². The fraction of sp³-hybridized carbons (Fsp3) is 0.533. The maximum Gasteiger partial charge on any atom is 0.422 e. The predicted molar refractivity (Wildman–Crippen MR) is 84.8 cm³/mol. The van der Waals surface area contributed by atoms with Crippen LogP contribution in [0.3, 0.4) is 0 Å². The van der Waals surface area contributed by atoms with Crippen molar-refractivity contribution in [2.24, 2.45) is 0 Å². The third kappa shape index (κ3) is 7.27. The van der Waals surface area contributed by atoms with Crippen LogP contribution in [0.15, 0.2) is 24.3 Å². The van der Waals surface area contributed by atoms with Gasteiger partial charge >= 0.3 is 6.18 Å². The van der Waals surface area contributed by atoms with Crippen LogP contribution in [0, 0.1) is 0 Å². The molecule has 0 spiro atoms. The van der Waals surface area contributed by atoms with Crippen molar-refractivity contribution in [1.82, 2.24) is 10.6 Å². The third-order valence-electron chi connectivity index (χ3n) is 3.31. The van der Waals surface area contributed by atoms with Crippen LogP contribution in [-0.2, 0) is 4.79 Å². The zero-order valence-corrected chi connectivity index (χ0v) is 13.7. The van der Waals surface area contributed by atoms with E-state index in [4.69, 9.17) is 4.74 Å². The Bertz CT molecular complexity index is 523. The smallest absolute Gasteiger partial charge is 0.422 e. The van der Waals surface area contributed by atoms with E-state index in [0.717, 1.165) is 19.4 Å². The van der Waals surface area contributed by atoms with Gasteiger partial charge in [0.2, 0.25) is 0 Å². The molecule has 0 aromatic heterocycles. The number of hydrogen-bond donors (Lipinski definition) is 2. The average Bonchev–Trinajstić information content (AvgIpc) is 3.02. The van der Waals surface area contributed by atoms with Gasteiger partial charge in [-0.25, -0.2) is 0 Å². The fourth-order valence-electron chi connectivity index (χ4n) is 2.21. The molecular weight excluding hydrogens is 349 g/mol. The molecule has 1 amide bonds. The number of nitrogens with one attached hydrogen (secondary N) is 2. The van der Waals surface area contributed by atoms with Crippen molar-refractivity contribution in [2.45, 2.75) is 25.1 Å². The summed E-state index contributed by atoms with van der Waals surface area (Å²) in [7, 11) is 0. The molecule has 0 bridgehead atoms. The SMILES string of the molecule is Cl.O=C(COc1ccccc1OCC(F)(F)F)NCC1CCCN1. The van der Waals surface area contributed by atoms with Crippen LogP contribution in [0.4, 0.5) is 13.2 Å². The first-order valence-electron chi connectivity index (χ1n) is 7.35. The van der Waals surface area contributed by atoms with Crippen molar-refractivity contribution in [3.63, 3.8) is 0 Å². The summed E-state index contributed by atoms with van der Waals surface area (Å²) < 4.78 is 46.5. The number of alkyl halides is 3. The molecule has 0 saturated carbocycles. The first kappa shape index (κ1) is 20.4. The number of halogens is 4. The average molecular weight is 369 g/mol. The van der Waals surface area contributed by atoms with Crippen molar-refractivity contribution in [1.29, 1.82) is 0 Å². The lowest BCUT2D eigenvalue weighted by Crippen LogP contribution is -2.39. The number of amides is 1. The topological polar surface area (TPSA) is 59.6 Å². The van der Waals surface area contributed by atoms with Gasteiger partial charge in [-0.1, -0.05) is 12.1 Å². The summed E-state index contributed by atoms with van der Waals surface area (Å²) >= 11 is 0. The number of ether oxygens (including phenoxy) is 2. The zero-order valence-electron chi connectivity index (χ0n) is 12.9. The van der Waals surface area contributed by atoms with Gasteiger partial charge in [0.1, 0.15) is 0 Å². The van der Waals surface area contributed by atoms with E-state index in [1.165, 1.54) is 18.2 Å². The number of rotatable bonds is 7. The lowest BCUT2D eigenvalue weighted by Gasteiger charge is -2.14. The lowest BCUT2D eigenvalue weighted by atomic mass is 10.2. The number of hydrogen-bond acceptors (Lipinski definition) is 4. The molecule has 1 aliphatic rings. The van der Waals surface area contributed by atoms with E-state index in [-0.39, 0.29) is 42.5 Å². The van der Waals surface area contributed by atoms with Crippen LogP contribution < -0.4 is 20.1 Å². The van der Waals surface area contributed by atoms with Gasteiger partial charge in [-0.2, -0.15) is 13.2 Å². The molecule has 9 heteroatoms. The minimum atomic E-state index is -4.43. The molecule has 1 aliphatic heterocycles. The van der Waals surface area contributed by atoms with E-state index in [1.807, 2.05) is 0 Å². The molecule has 0 aliphatic carbocycles. The van der Waals surface area contributed by atoms with Gasteiger partial charge in [-0.05, 0) is 31.5 Å². The molecule has 1 heterocycles. The summed E-state index contributed by atoms with van der Waals surface area (Å²) in [5.74, 6) is -0.273. The monoisotopic (exact) mass is 368 g/mol. The molecule has 1 unspecified atom stereocenters. The van der Waals surface area contributed by atoms with Crippen molar-refractivity contribution in [3.05, 3.63) is 24.3 Å². The predicted octanol–water partition coefficient (Wildman–Crippen LogP) is 2.30. The Kier molecular flexibility index (Phi) is 8.14. The summed E-state index contributed by atoms with van der Waals surface area (Å²) in [5.41, 5.74) is 0. The van der Waals surface area contributed by atoms with Gasteiger partial charge in [-0.3, -0.25) is 4.79 Å². The standard InChI is InChI=1S/C15H19F3N2O3.ClH/c16-15(17,18)10-23-13-6-2-1-5-12(13)22-9-14(21)20-8-11-4-3-7-19-11;/h1-2,5-6,11,19H,3-4,7-10H2,(H,20,21);1H. The summed E-state index contributed by atoms with van der Waals surface area (Å²) in [6.45, 7) is -0.235. The summed E-state index contributed by atoms with van der Waals surface area (Å²) in [5, 5.41) is 5.97. The van der Waals surface area contributed by atoms with Crippen molar-refractivity contribution >= 4 is 18.3 Å². The first-order chi connectivity index (χ1) is 10.9. The van der Waals surface area contributed by atoms with Gasteiger partial charge in [0.25, 0.3) is 5.91 Å². The number of benzene rings is 1. The van der Waals surface area contributed by atoms with Gasteiger partial charge < -0.3 is 20.1 Å². The summed E-state index contributed by atoms with van der Waals surface area (Å²) in [4.78, 5) is 11.7. The van der Waals surface area contributed by atoms with Gasteiger partial charge in [0, 0.05) is 12.6 Å².